The summed E-state index contributed by atoms with van der Waals surface area (Å²) in [4.78, 5) is 25.7. The number of carbonyl (C=O) groups is 1. The minimum absolute atomic E-state index is 0.0428. The number of benzene rings is 2. The molecule has 0 fully saturated rings. The quantitative estimate of drug-likeness (QED) is 0.448. The number of pyridine rings is 1. The van der Waals surface area contributed by atoms with Crippen molar-refractivity contribution in [3.63, 3.8) is 0 Å². The van der Waals surface area contributed by atoms with Crippen molar-refractivity contribution in [2.45, 2.75) is 32.2 Å². The van der Waals surface area contributed by atoms with E-state index in [-0.39, 0.29) is 35.0 Å². The average Bonchev–Trinajstić information content (AvgIpc) is 2.79. The fourth-order valence-electron chi connectivity index (χ4n) is 3.84. The van der Waals surface area contributed by atoms with Crippen molar-refractivity contribution in [3.8, 4) is 23.0 Å². The third-order valence-corrected chi connectivity index (χ3v) is 5.64. The Morgan fingerprint density at radius 3 is 2.30 bits per heavy atom. The second-order valence-corrected chi connectivity index (χ2v) is 7.72. The molecule has 3 aromatic rings. The van der Waals surface area contributed by atoms with Crippen LogP contribution in [-0.2, 0) is 22.5 Å². The van der Waals surface area contributed by atoms with Crippen LogP contribution in [-0.4, -0.2) is 40.1 Å². The van der Waals surface area contributed by atoms with Gasteiger partial charge >= 0.3 is 5.97 Å². The van der Waals surface area contributed by atoms with Crippen LogP contribution in [0.25, 0.3) is 0 Å². The maximum Gasteiger partial charge on any atom is 0.306 e. The summed E-state index contributed by atoms with van der Waals surface area (Å²) in [5, 5.41) is 30.4. The summed E-state index contributed by atoms with van der Waals surface area (Å²) in [6, 6.07) is 12.8. The summed E-state index contributed by atoms with van der Waals surface area (Å²) in [5.74, 6) is -1.39. The molecule has 0 unspecified atom stereocenters. The molecule has 0 saturated carbocycles. The number of ether oxygens (including phenoxy) is 2. The Balaban J connectivity index is 2.06. The number of aryl methyl sites for hydroxylation is 2. The van der Waals surface area contributed by atoms with E-state index in [2.05, 4.69) is 0 Å². The summed E-state index contributed by atoms with van der Waals surface area (Å²) in [5.41, 5.74) is 1.56. The lowest BCUT2D eigenvalue weighted by molar-refractivity contribution is -0.140. The van der Waals surface area contributed by atoms with Crippen LogP contribution in [0.15, 0.2) is 53.3 Å². The molecule has 0 bridgehead atoms. The Morgan fingerprint density at radius 1 is 1.00 bits per heavy atom. The molecular formula is C25H27NO7. The van der Waals surface area contributed by atoms with Gasteiger partial charge in [-0.2, -0.15) is 0 Å². The number of rotatable bonds is 8. The van der Waals surface area contributed by atoms with Gasteiger partial charge in [0, 0.05) is 18.2 Å². The molecule has 0 amide bonds. The first-order valence-corrected chi connectivity index (χ1v) is 10.4. The maximum absolute atomic E-state index is 13.5. The molecule has 0 spiro atoms. The zero-order valence-electron chi connectivity index (χ0n) is 18.7. The van der Waals surface area contributed by atoms with Crippen LogP contribution in [0.1, 0.15) is 34.7 Å². The molecule has 8 nitrogen and oxygen atoms in total. The fraction of sp³-hybridized carbons (Fsp3) is 0.280. The van der Waals surface area contributed by atoms with Gasteiger partial charge in [0.25, 0.3) is 5.56 Å². The zero-order valence-corrected chi connectivity index (χ0v) is 18.7. The molecule has 0 aliphatic heterocycles. The van der Waals surface area contributed by atoms with E-state index in [0.717, 1.165) is 5.56 Å². The smallest absolute Gasteiger partial charge is 0.306 e. The number of esters is 1. The van der Waals surface area contributed by atoms with Crippen LogP contribution in [0, 0.1) is 6.92 Å². The highest BCUT2D eigenvalue weighted by molar-refractivity contribution is 5.71. The van der Waals surface area contributed by atoms with Crippen molar-refractivity contribution in [2.75, 3.05) is 14.2 Å². The molecule has 33 heavy (non-hydrogen) atoms. The van der Waals surface area contributed by atoms with Gasteiger partial charge in [-0.05, 0) is 54.8 Å². The number of carbonyl (C=O) groups excluding carboxylic acids is 1. The number of aromatic hydroxyl groups is 3. The van der Waals surface area contributed by atoms with Crippen LogP contribution in [0.5, 0.6) is 23.0 Å². The van der Waals surface area contributed by atoms with Crippen molar-refractivity contribution in [1.82, 2.24) is 4.57 Å². The molecule has 1 heterocycles. The Bertz CT molecular complexity index is 1200. The third-order valence-electron chi connectivity index (χ3n) is 5.64. The molecule has 1 aromatic heterocycles. The highest BCUT2D eigenvalue weighted by atomic mass is 16.5. The van der Waals surface area contributed by atoms with Crippen LogP contribution in [0.2, 0.25) is 0 Å². The average molecular weight is 453 g/mol. The molecule has 1 atom stereocenters. The summed E-state index contributed by atoms with van der Waals surface area (Å²) in [6.07, 6.45) is 0.322. The van der Waals surface area contributed by atoms with E-state index in [4.69, 9.17) is 9.47 Å². The van der Waals surface area contributed by atoms with Crippen molar-refractivity contribution in [3.05, 3.63) is 81.3 Å². The zero-order chi connectivity index (χ0) is 24.1. The van der Waals surface area contributed by atoms with Crippen LogP contribution < -0.4 is 10.3 Å². The van der Waals surface area contributed by atoms with Gasteiger partial charge in [-0.25, -0.2) is 0 Å². The summed E-state index contributed by atoms with van der Waals surface area (Å²) in [6.45, 7) is 2.05. The lowest BCUT2D eigenvalue weighted by Gasteiger charge is -2.21. The monoisotopic (exact) mass is 453 g/mol. The predicted molar refractivity (Wildman–Crippen MR) is 122 cm³/mol. The molecule has 8 heteroatoms. The first-order valence-electron chi connectivity index (χ1n) is 10.4. The largest absolute Gasteiger partial charge is 0.508 e. The van der Waals surface area contributed by atoms with Crippen LogP contribution >= 0.6 is 0 Å². The molecule has 3 N–H and O–H groups in total. The van der Waals surface area contributed by atoms with Gasteiger partial charge in [-0.15, -0.1) is 0 Å². The molecular weight excluding hydrogens is 426 g/mol. The van der Waals surface area contributed by atoms with E-state index in [1.807, 2.05) is 0 Å². The number of phenols is 2. The first kappa shape index (κ1) is 23.7. The summed E-state index contributed by atoms with van der Waals surface area (Å²) in [7, 11) is 2.66. The van der Waals surface area contributed by atoms with E-state index in [1.165, 1.54) is 37.0 Å². The molecule has 2 aromatic carbocycles. The molecule has 0 aliphatic carbocycles. The number of phenolic OH excluding ortho intramolecular Hbond substituents is 2. The minimum Gasteiger partial charge on any atom is -0.508 e. The highest BCUT2D eigenvalue weighted by Gasteiger charge is 2.27. The first-order chi connectivity index (χ1) is 15.7. The normalized spacial score (nSPS) is 11.7. The van der Waals surface area contributed by atoms with Gasteiger partial charge in [0.15, 0.2) is 11.5 Å². The molecule has 174 valence electrons. The van der Waals surface area contributed by atoms with Gasteiger partial charge < -0.3 is 29.4 Å². The van der Waals surface area contributed by atoms with Crippen molar-refractivity contribution < 1.29 is 29.6 Å². The lowest BCUT2D eigenvalue weighted by Crippen LogP contribution is -2.29. The van der Waals surface area contributed by atoms with Gasteiger partial charge in [0.1, 0.15) is 11.5 Å². The van der Waals surface area contributed by atoms with E-state index < -0.39 is 17.4 Å². The van der Waals surface area contributed by atoms with Gasteiger partial charge in [-0.1, -0.05) is 18.2 Å². The van der Waals surface area contributed by atoms with Crippen LogP contribution in [0.4, 0.5) is 0 Å². The Labute approximate surface area is 191 Å². The number of hydrogen-bond donors (Lipinski definition) is 3. The van der Waals surface area contributed by atoms with Crippen molar-refractivity contribution in [1.29, 1.82) is 0 Å². The second-order valence-electron chi connectivity index (χ2n) is 7.72. The summed E-state index contributed by atoms with van der Waals surface area (Å²) < 4.78 is 11.4. The van der Waals surface area contributed by atoms with Gasteiger partial charge in [-0.3, -0.25) is 9.59 Å². The topological polar surface area (TPSA) is 118 Å². The summed E-state index contributed by atoms with van der Waals surface area (Å²) >= 11 is 0. The SMILES string of the molecule is COC(=O)C[C@@H](c1ccc(OC)c(O)c1)c1c(O)cc(C)n(CCc2ccc(O)cc2)c1=O. The van der Waals surface area contributed by atoms with E-state index in [9.17, 15) is 24.9 Å². The minimum atomic E-state index is -0.845. The fourth-order valence-corrected chi connectivity index (χ4v) is 3.84. The standard InChI is InChI=1S/C25H27NO7/c1-15-12-21(29)24(25(31)26(15)11-10-16-4-7-18(27)8-5-16)19(14-23(30)33-3)17-6-9-22(32-2)20(28)13-17/h4-9,12-13,19,27-29H,10-11,14H2,1-3H3/t19-/m0/s1. The third kappa shape index (κ3) is 5.28. The Hall–Kier alpha value is -3.94. The number of methoxy groups -OCH3 is 2. The molecule has 0 radical (unpaired) electrons. The second kappa shape index (κ2) is 10.1. The molecule has 0 saturated heterocycles. The molecule has 3 rings (SSSR count). The predicted octanol–water partition coefficient (Wildman–Crippen LogP) is 3.22. The Morgan fingerprint density at radius 2 is 1.70 bits per heavy atom. The molecule has 0 aliphatic rings. The van der Waals surface area contributed by atoms with E-state index >= 15 is 0 Å². The maximum atomic E-state index is 13.5. The van der Waals surface area contributed by atoms with Crippen molar-refractivity contribution in [2.24, 2.45) is 0 Å². The van der Waals surface area contributed by atoms with E-state index in [1.54, 1.807) is 37.3 Å². The number of aromatic nitrogens is 1. The lowest BCUT2D eigenvalue weighted by atomic mass is 9.88. The van der Waals surface area contributed by atoms with Crippen LogP contribution in [0.3, 0.4) is 0 Å². The Kier molecular flexibility index (Phi) is 7.27. The number of hydrogen-bond acceptors (Lipinski definition) is 7. The number of nitrogens with zero attached hydrogens (tertiary/aromatic N) is 1. The van der Waals surface area contributed by atoms with E-state index in [0.29, 0.717) is 24.2 Å². The van der Waals surface area contributed by atoms with Gasteiger partial charge in [0.2, 0.25) is 0 Å². The van der Waals surface area contributed by atoms with Crippen molar-refractivity contribution >= 4 is 5.97 Å². The highest BCUT2D eigenvalue weighted by Crippen LogP contribution is 2.36. The van der Waals surface area contributed by atoms with Gasteiger partial charge in [0.05, 0.1) is 26.2 Å².